The molecular formula is C42H43NO7. The summed E-state index contributed by atoms with van der Waals surface area (Å²) in [7, 11) is 0. The minimum Gasteiger partial charge on any atom is -0.491 e. The highest BCUT2D eigenvalue weighted by atomic mass is 16.6. The van der Waals surface area contributed by atoms with E-state index in [9.17, 15) is 9.59 Å². The van der Waals surface area contributed by atoms with Gasteiger partial charge in [-0.05, 0) is 45.0 Å². The van der Waals surface area contributed by atoms with E-state index in [4.69, 9.17) is 24.1 Å². The molecule has 0 aromatic heterocycles. The molecule has 0 saturated carbocycles. The van der Waals surface area contributed by atoms with Crippen molar-refractivity contribution in [1.82, 2.24) is 5.32 Å². The van der Waals surface area contributed by atoms with E-state index in [1.165, 1.54) is 16.7 Å². The Morgan fingerprint density at radius 2 is 0.920 bits per heavy atom. The fourth-order valence-corrected chi connectivity index (χ4v) is 5.34. The molecule has 2 N–H and O–H groups in total. The quantitative estimate of drug-likeness (QED) is 0.0814. The Bertz CT molecular complexity index is 1760. The summed E-state index contributed by atoms with van der Waals surface area (Å²) < 4.78 is 23.1. The van der Waals surface area contributed by atoms with Gasteiger partial charge in [-0.25, -0.2) is 0 Å². The average molecular weight is 674 g/mol. The Morgan fingerprint density at radius 1 is 0.480 bits per heavy atom. The van der Waals surface area contributed by atoms with Crippen LogP contribution in [-0.2, 0) is 23.8 Å². The lowest BCUT2D eigenvalue weighted by atomic mass is 9.96. The van der Waals surface area contributed by atoms with E-state index < -0.39 is 5.97 Å². The molecule has 8 nitrogen and oxygen atoms in total. The van der Waals surface area contributed by atoms with Crippen molar-refractivity contribution in [3.05, 3.63) is 127 Å². The van der Waals surface area contributed by atoms with E-state index in [-0.39, 0.29) is 18.7 Å². The van der Waals surface area contributed by atoms with Crippen molar-refractivity contribution in [2.45, 2.75) is 12.8 Å². The van der Waals surface area contributed by atoms with Crippen LogP contribution in [0.1, 0.15) is 12.8 Å². The molecule has 0 bridgehead atoms. The molecule has 5 aromatic rings. The van der Waals surface area contributed by atoms with Crippen molar-refractivity contribution in [2.24, 2.45) is 0 Å². The minimum absolute atomic E-state index is 0.0377. The Morgan fingerprint density at radius 3 is 1.46 bits per heavy atom. The molecule has 1 amide bonds. The van der Waals surface area contributed by atoms with Crippen LogP contribution in [0.15, 0.2) is 127 Å². The molecule has 0 heterocycles. The number of ether oxygens (including phenoxy) is 4. The molecule has 258 valence electrons. The summed E-state index contributed by atoms with van der Waals surface area (Å²) >= 11 is 0. The second-order valence-corrected chi connectivity index (χ2v) is 11.5. The summed E-state index contributed by atoms with van der Waals surface area (Å²) in [5, 5.41) is 11.2. The SMILES string of the molecule is O=C(O)CCC(=O)NCCOCCOCCOCCOc1cc(-c2ccc(-c3ccccc3)cc2)ccc1-c1ccc(-c2ccccc2)cc1. The predicted molar refractivity (Wildman–Crippen MR) is 196 cm³/mol. The summed E-state index contributed by atoms with van der Waals surface area (Å²) in [5.41, 5.74) is 8.96. The van der Waals surface area contributed by atoms with Crippen LogP contribution in [0.4, 0.5) is 0 Å². The standard InChI is InChI=1S/C42H43NO7/c44-41(21-22-42(45)46)43-23-24-47-25-26-48-27-28-49-29-30-50-40-31-38(36-13-11-34(12-14-36)32-7-3-1-4-8-32)19-20-39(40)37-17-15-35(16-18-37)33-9-5-2-6-10-33/h1-20,31H,21-30H2,(H,43,44)(H,45,46). The van der Waals surface area contributed by atoms with E-state index in [0.29, 0.717) is 52.8 Å². The maximum absolute atomic E-state index is 11.5. The largest absolute Gasteiger partial charge is 0.491 e. The van der Waals surface area contributed by atoms with Crippen molar-refractivity contribution in [2.75, 3.05) is 52.8 Å². The second kappa shape index (κ2) is 19.7. The Labute approximate surface area is 293 Å². The smallest absolute Gasteiger partial charge is 0.303 e. The lowest BCUT2D eigenvalue weighted by Crippen LogP contribution is -2.27. The van der Waals surface area contributed by atoms with E-state index in [2.05, 4.69) is 96.3 Å². The third-order valence-electron chi connectivity index (χ3n) is 7.97. The van der Waals surface area contributed by atoms with Crippen LogP contribution in [0.25, 0.3) is 44.5 Å². The van der Waals surface area contributed by atoms with Gasteiger partial charge in [-0.15, -0.1) is 0 Å². The van der Waals surface area contributed by atoms with E-state index in [1.54, 1.807) is 0 Å². The average Bonchev–Trinajstić information content (AvgIpc) is 3.16. The highest BCUT2D eigenvalue weighted by Gasteiger charge is 2.11. The first-order chi connectivity index (χ1) is 24.6. The van der Waals surface area contributed by atoms with Gasteiger partial charge < -0.3 is 29.4 Å². The van der Waals surface area contributed by atoms with Crippen LogP contribution in [0, 0.1) is 0 Å². The molecule has 5 aromatic carbocycles. The first-order valence-electron chi connectivity index (χ1n) is 16.9. The van der Waals surface area contributed by atoms with Crippen molar-refractivity contribution in [1.29, 1.82) is 0 Å². The van der Waals surface area contributed by atoms with Gasteiger partial charge in [0.15, 0.2) is 0 Å². The summed E-state index contributed by atoms with van der Waals surface area (Å²) in [5.74, 6) is -0.507. The highest BCUT2D eigenvalue weighted by molar-refractivity contribution is 5.81. The number of amides is 1. The van der Waals surface area contributed by atoms with Crippen LogP contribution >= 0.6 is 0 Å². The Kier molecular flexibility index (Phi) is 14.2. The maximum atomic E-state index is 11.5. The fraction of sp³-hybridized carbons (Fsp3) is 0.238. The molecular weight excluding hydrogens is 630 g/mol. The van der Waals surface area contributed by atoms with Gasteiger partial charge in [0.05, 0.1) is 46.1 Å². The van der Waals surface area contributed by atoms with Crippen molar-refractivity contribution >= 4 is 11.9 Å². The van der Waals surface area contributed by atoms with Crippen LogP contribution in [-0.4, -0.2) is 69.8 Å². The van der Waals surface area contributed by atoms with Crippen LogP contribution in [0.3, 0.4) is 0 Å². The Balaban J connectivity index is 1.11. The van der Waals surface area contributed by atoms with Crippen LogP contribution < -0.4 is 10.1 Å². The van der Waals surface area contributed by atoms with Gasteiger partial charge in [0.25, 0.3) is 0 Å². The number of carbonyl (C=O) groups is 2. The molecule has 0 fully saturated rings. The molecule has 0 aliphatic rings. The first kappa shape index (κ1) is 36.0. The van der Waals surface area contributed by atoms with Gasteiger partial charge in [-0.1, -0.05) is 121 Å². The lowest BCUT2D eigenvalue weighted by molar-refractivity contribution is -0.138. The molecule has 5 rings (SSSR count). The zero-order valence-electron chi connectivity index (χ0n) is 28.1. The second-order valence-electron chi connectivity index (χ2n) is 11.5. The zero-order chi connectivity index (χ0) is 34.8. The van der Waals surface area contributed by atoms with Gasteiger partial charge >= 0.3 is 5.97 Å². The molecule has 0 unspecified atom stereocenters. The number of carboxylic acids is 1. The lowest BCUT2D eigenvalue weighted by Gasteiger charge is -2.15. The van der Waals surface area contributed by atoms with E-state index >= 15 is 0 Å². The van der Waals surface area contributed by atoms with Gasteiger partial charge in [-0.3, -0.25) is 9.59 Å². The van der Waals surface area contributed by atoms with Gasteiger partial charge in [-0.2, -0.15) is 0 Å². The fourth-order valence-electron chi connectivity index (χ4n) is 5.34. The van der Waals surface area contributed by atoms with Crippen LogP contribution in [0.5, 0.6) is 5.75 Å². The molecule has 0 aliphatic carbocycles. The summed E-state index contributed by atoms with van der Waals surface area (Å²) in [6.45, 7) is 3.07. The Hall–Kier alpha value is -5.28. The maximum Gasteiger partial charge on any atom is 0.303 e. The normalized spacial score (nSPS) is 10.9. The summed E-state index contributed by atoms with van der Waals surface area (Å²) in [4.78, 5) is 22.0. The first-order valence-corrected chi connectivity index (χ1v) is 16.9. The summed E-state index contributed by atoms with van der Waals surface area (Å²) in [6.07, 6.45) is -0.221. The third kappa shape index (κ3) is 11.4. The minimum atomic E-state index is -0.994. The number of hydrogen-bond donors (Lipinski definition) is 2. The third-order valence-corrected chi connectivity index (χ3v) is 7.97. The number of rotatable bonds is 20. The molecule has 8 heteroatoms. The topological polar surface area (TPSA) is 103 Å². The monoisotopic (exact) mass is 673 g/mol. The molecule has 50 heavy (non-hydrogen) atoms. The van der Waals surface area contributed by atoms with E-state index in [0.717, 1.165) is 33.6 Å². The molecule has 0 spiro atoms. The molecule has 0 saturated heterocycles. The van der Waals surface area contributed by atoms with E-state index in [1.807, 2.05) is 36.4 Å². The number of hydrogen-bond acceptors (Lipinski definition) is 6. The van der Waals surface area contributed by atoms with Crippen molar-refractivity contribution in [3.8, 4) is 50.3 Å². The molecule has 0 radical (unpaired) electrons. The molecule has 0 atom stereocenters. The van der Waals surface area contributed by atoms with Gasteiger partial charge in [0, 0.05) is 18.5 Å². The number of aliphatic carboxylic acids is 1. The predicted octanol–water partition coefficient (Wildman–Crippen LogP) is 7.76. The number of carbonyl (C=O) groups excluding carboxylic acids is 1. The molecule has 0 aliphatic heterocycles. The van der Waals surface area contributed by atoms with Crippen molar-refractivity contribution in [3.63, 3.8) is 0 Å². The number of nitrogens with one attached hydrogen (secondary N) is 1. The zero-order valence-corrected chi connectivity index (χ0v) is 28.1. The highest BCUT2D eigenvalue weighted by Crippen LogP contribution is 2.36. The van der Waals surface area contributed by atoms with Gasteiger partial charge in [0.1, 0.15) is 12.4 Å². The number of benzene rings is 5. The van der Waals surface area contributed by atoms with Crippen molar-refractivity contribution < 1.29 is 33.6 Å². The summed E-state index contributed by atoms with van der Waals surface area (Å²) in [6, 6.07) is 44.2. The number of carboxylic acid groups (broad SMARTS) is 1. The van der Waals surface area contributed by atoms with Crippen LogP contribution in [0.2, 0.25) is 0 Å². The van der Waals surface area contributed by atoms with Gasteiger partial charge in [0.2, 0.25) is 5.91 Å².